The summed E-state index contributed by atoms with van der Waals surface area (Å²) in [6.07, 6.45) is 1.57. The fraction of sp³-hybridized carbons (Fsp3) is 0.111. The molecule has 0 radical (unpaired) electrons. The number of hydrazone groups is 1. The second-order valence-electron chi connectivity index (χ2n) is 5.09. The molecular weight excluding hydrogens is 304 g/mol. The normalized spacial score (nSPS) is 10.9. The quantitative estimate of drug-likeness (QED) is 0.579. The average molecular weight is 320 g/mol. The van der Waals surface area contributed by atoms with Gasteiger partial charge >= 0.3 is 0 Å². The van der Waals surface area contributed by atoms with Crippen LogP contribution in [0.2, 0.25) is 0 Å². The number of hydrogen-bond donors (Lipinski definition) is 1. The summed E-state index contributed by atoms with van der Waals surface area (Å²) in [7, 11) is 0. The Hall–Kier alpha value is -3.28. The molecule has 1 amide bonds. The molecule has 0 bridgehead atoms. The molecule has 0 saturated heterocycles. The number of rotatable bonds is 5. The van der Waals surface area contributed by atoms with E-state index in [0.29, 0.717) is 11.7 Å². The third-order valence-corrected chi connectivity index (χ3v) is 3.22. The molecule has 0 atom stereocenters. The van der Waals surface area contributed by atoms with Gasteiger partial charge in [0.25, 0.3) is 5.91 Å². The minimum atomic E-state index is -0.359. The van der Waals surface area contributed by atoms with Crippen molar-refractivity contribution in [1.29, 1.82) is 0 Å². The van der Waals surface area contributed by atoms with Gasteiger partial charge in [-0.2, -0.15) is 10.1 Å². The van der Waals surface area contributed by atoms with Gasteiger partial charge < -0.3 is 4.74 Å². The van der Waals surface area contributed by atoms with Crippen molar-refractivity contribution in [3.63, 3.8) is 0 Å². The average Bonchev–Trinajstić information content (AvgIpc) is 2.60. The Morgan fingerprint density at radius 2 is 1.88 bits per heavy atom. The van der Waals surface area contributed by atoms with Crippen molar-refractivity contribution in [3.05, 3.63) is 66.0 Å². The van der Waals surface area contributed by atoms with Crippen LogP contribution in [0.15, 0.2) is 59.7 Å². The summed E-state index contributed by atoms with van der Waals surface area (Å²) in [6, 6.07) is 17.0. The van der Waals surface area contributed by atoms with Crippen molar-refractivity contribution < 1.29 is 9.53 Å². The molecule has 6 heteroatoms. The lowest BCUT2D eigenvalue weighted by molar-refractivity contribution is -0.123. The molecule has 0 spiro atoms. The van der Waals surface area contributed by atoms with E-state index < -0.39 is 0 Å². The van der Waals surface area contributed by atoms with Crippen molar-refractivity contribution in [2.24, 2.45) is 5.10 Å². The number of carbonyl (C=O) groups is 1. The summed E-state index contributed by atoms with van der Waals surface area (Å²) in [5, 5.41) is 4.66. The molecule has 1 heterocycles. The van der Waals surface area contributed by atoms with Crippen LogP contribution in [0.5, 0.6) is 5.88 Å². The summed E-state index contributed by atoms with van der Waals surface area (Å²) in [5.74, 6) is 0.619. The summed E-state index contributed by atoms with van der Waals surface area (Å²) in [6.45, 7) is 1.61. The first kappa shape index (κ1) is 15.6. The summed E-state index contributed by atoms with van der Waals surface area (Å²) in [5.41, 5.74) is 4.11. The van der Waals surface area contributed by atoms with Crippen LogP contribution < -0.4 is 10.2 Å². The maximum atomic E-state index is 11.8. The number of amides is 1. The number of nitrogens with one attached hydrogen (secondary N) is 1. The van der Waals surface area contributed by atoms with Crippen molar-refractivity contribution in [2.45, 2.75) is 6.92 Å². The Bertz CT molecular complexity index is 879. The molecule has 3 aromatic rings. The first-order valence-corrected chi connectivity index (χ1v) is 7.45. The Morgan fingerprint density at radius 3 is 2.71 bits per heavy atom. The van der Waals surface area contributed by atoms with Crippen LogP contribution in [0.4, 0.5) is 0 Å². The van der Waals surface area contributed by atoms with Crippen LogP contribution in [-0.2, 0) is 4.79 Å². The van der Waals surface area contributed by atoms with Crippen LogP contribution >= 0.6 is 0 Å². The molecule has 24 heavy (non-hydrogen) atoms. The van der Waals surface area contributed by atoms with E-state index in [-0.39, 0.29) is 12.5 Å². The number of fused-ring (bicyclic) bond motifs is 1. The lowest BCUT2D eigenvalue weighted by Crippen LogP contribution is -2.25. The van der Waals surface area contributed by atoms with E-state index in [9.17, 15) is 4.79 Å². The van der Waals surface area contributed by atoms with Crippen LogP contribution in [0, 0.1) is 6.92 Å². The van der Waals surface area contributed by atoms with Crippen molar-refractivity contribution >= 4 is 23.0 Å². The Labute approximate surface area is 139 Å². The maximum Gasteiger partial charge on any atom is 0.278 e. The van der Waals surface area contributed by atoms with Gasteiger partial charge in [0.2, 0.25) is 5.88 Å². The minimum absolute atomic E-state index is 0.174. The van der Waals surface area contributed by atoms with Gasteiger partial charge in [0.1, 0.15) is 5.82 Å². The molecule has 3 rings (SSSR count). The third-order valence-electron chi connectivity index (χ3n) is 3.22. The van der Waals surface area contributed by atoms with Crippen LogP contribution in [-0.4, -0.2) is 28.7 Å². The van der Waals surface area contributed by atoms with Gasteiger partial charge in [-0.25, -0.2) is 10.4 Å². The standard InChI is InChI=1S/C18H16N4O2/c1-13-20-16-10-6-5-9-15(16)18(21-13)24-12-17(23)22-19-11-14-7-3-2-4-8-14/h2-11H,12H2,1H3,(H,22,23)/b19-11+. The highest BCUT2D eigenvalue weighted by Gasteiger charge is 2.08. The molecule has 120 valence electrons. The third kappa shape index (κ3) is 3.92. The number of para-hydroxylation sites is 1. The number of ether oxygens (including phenoxy) is 1. The smallest absolute Gasteiger partial charge is 0.278 e. The molecule has 6 nitrogen and oxygen atoms in total. The van der Waals surface area contributed by atoms with Gasteiger partial charge in [0.15, 0.2) is 6.61 Å². The Balaban J connectivity index is 1.61. The minimum Gasteiger partial charge on any atom is -0.467 e. The fourth-order valence-electron chi connectivity index (χ4n) is 2.15. The summed E-state index contributed by atoms with van der Waals surface area (Å²) >= 11 is 0. The first-order chi connectivity index (χ1) is 11.7. The van der Waals surface area contributed by atoms with Crippen LogP contribution in [0.3, 0.4) is 0 Å². The predicted molar refractivity (Wildman–Crippen MR) is 91.9 cm³/mol. The van der Waals surface area contributed by atoms with E-state index in [1.165, 1.54) is 0 Å². The van der Waals surface area contributed by atoms with Gasteiger partial charge in [0.05, 0.1) is 17.1 Å². The molecule has 1 aromatic heterocycles. The molecular formula is C18H16N4O2. The van der Waals surface area contributed by atoms with Gasteiger partial charge in [-0.3, -0.25) is 4.79 Å². The van der Waals surface area contributed by atoms with Gasteiger partial charge in [-0.1, -0.05) is 42.5 Å². The van der Waals surface area contributed by atoms with E-state index in [4.69, 9.17) is 4.74 Å². The van der Waals surface area contributed by atoms with Gasteiger partial charge in [-0.05, 0) is 24.6 Å². The Morgan fingerprint density at radius 1 is 1.12 bits per heavy atom. The number of aryl methyl sites for hydroxylation is 1. The highest BCUT2D eigenvalue weighted by molar-refractivity contribution is 5.85. The number of nitrogens with zero attached hydrogens (tertiary/aromatic N) is 3. The largest absolute Gasteiger partial charge is 0.467 e. The van der Waals surface area contributed by atoms with Crippen LogP contribution in [0.25, 0.3) is 10.9 Å². The van der Waals surface area contributed by atoms with Crippen molar-refractivity contribution in [2.75, 3.05) is 6.61 Å². The molecule has 0 fully saturated rings. The molecule has 2 aromatic carbocycles. The number of aromatic nitrogens is 2. The highest BCUT2D eigenvalue weighted by atomic mass is 16.5. The second kappa shape index (κ2) is 7.32. The lowest BCUT2D eigenvalue weighted by atomic mass is 10.2. The number of carbonyl (C=O) groups excluding carboxylic acids is 1. The Kier molecular flexibility index (Phi) is 4.76. The zero-order valence-corrected chi connectivity index (χ0v) is 13.1. The lowest BCUT2D eigenvalue weighted by Gasteiger charge is -2.08. The van der Waals surface area contributed by atoms with E-state index in [1.807, 2.05) is 54.6 Å². The van der Waals surface area contributed by atoms with E-state index in [1.54, 1.807) is 13.1 Å². The predicted octanol–water partition coefficient (Wildman–Crippen LogP) is 2.47. The number of hydrogen-bond acceptors (Lipinski definition) is 5. The van der Waals surface area contributed by atoms with Crippen LogP contribution in [0.1, 0.15) is 11.4 Å². The molecule has 0 aliphatic heterocycles. The molecule has 0 aliphatic rings. The molecule has 1 N–H and O–H groups in total. The van der Waals surface area contributed by atoms with E-state index >= 15 is 0 Å². The molecule has 0 aliphatic carbocycles. The zero-order valence-electron chi connectivity index (χ0n) is 13.1. The van der Waals surface area contributed by atoms with Gasteiger partial charge in [0, 0.05) is 0 Å². The van der Waals surface area contributed by atoms with Gasteiger partial charge in [-0.15, -0.1) is 0 Å². The maximum absolute atomic E-state index is 11.8. The SMILES string of the molecule is Cc1nc(OCC(=O)N/N=C/c2ccccc2)c2ccccc2n1. The zero-order chi connectivity index (χ0) is 16.8. The summed E-state index contributed by atoms with van der Waals surface area (Å²) in [4.78, 5) is 20.4. The highest BCUT2D eigenvalue weighted by Crippen LogP contribution is 2.21. The van der Waals surface area contributed by atoms with Crippen molar-refractivity contribution in [3.8, 4) is 5.88 Å². The first-order valence-electron chi connectivity index (χ1n) is 7.45. The molecule has 0 unspecified atom stereocenters. The second-order valence-corrected chi connectivity index (χ2v) is 5.09. The summed E-state index contributed by atoms with van der Waals surface area (Å²) < 4.78 is 5.53. The number of benzene rings is 2. The monoisotopic (exact) mass is 320 g/mol. The molecule has 0 saturated carbocycles. The van der Waals surface area contributed by atoms with E-state index in [2.05, 4.69) is 20.5 Å². The van der Waals surface area contributed by atoms with E-state index in [0.717, 1.165) is 16.5 Å². The van der Waals surface area contributed by atoms with Crippen molar-refractivity contribution in [1.82, 2.24) is 15.4 Å². The topological polar surface area (TPSA) is 76.5 Å². The fourth-order valence-corrected chi connectivity index (χ4v) is 2.15.